The molecule has 1 atom stereocenters. The highest BCUT2D eigenvalue weighted by atomic mass is 16.9. The number of benzene rings is 2. The van der Waals surface area contributed by atoms with Gasteiger partial charge in [-0.2, -0.15) is 0 Å². The smallest absolute Gasteiger partial charge is 0.313 e. The lowest BCUT2D eigenvalue weighted by Crippen LogP contribution is -2.14. The summed E-state index contributed by atoms with van der Waals surface area (Å²) < 4.78 is 33.3. The van der Waals surface area contributed by atoms with Gasteiger partial charge in [0.1, 0.15) is 5.75 Å². The number of hydrogen-bond acceptors (Lipinski definition) is 6. The van der Waals surface area contributed by atoms with Crippen molar-refractivity contribution in [1.29, 1.82) is 0 Å². The first kappa shape index (κ1) is 14.5. The van der Waals surface area contributed by atoms with Gasteiger partial charge < -0.3 is 14.3 Å². The molecular weight excluding hydrogens is 326 g/mol. The van der Waals surface area contributed by atoms with Gasteiger partial charge in [0.15, 0.2) is 0 Å². The van der Waals surface area contributed by atoms with Gasteiger partial charge in [0.2, 0.25) is 0 Å². The van der Waals surface area contributed by atoms with Crippen LogP contribution >= 0.6 is 0 Å². The zero-order valence-corrected chi connectivity index (χ0v) is 14.0. The Morgan fingerprint density at radius 2 is 2.00 bits per heavy atom. The number of ether oxygens (including phenoxy) is 2. The van der Waals surface area contributed by atoms with Gasteiger partial charge in [0.05, 0.1) is 28.9 Å². The van der Waals surface area contributed by atoms with Gasteiger partial charge >= 0.3 is 5.97 Å². The predicted molar refractivity (Wildman–Crippen MR) is 92.1 cm³/mol. The summed E-state index contributed by atoms with van der Waals surface area (Å²) in [6.07, 6.45) is -0.312. The van der Waals surface area contributed by atoms with Crippen molar-refractivity contribution in [3.8, 4) is 5.75 Å². The molecule has 0 spiro atoms. The van der Waals surface area contributed by atoms with Crippen LogP contribution in [0.2, 0.25) is 0 Å². The molecule has 0 aromatic heterocycles. The van der Waals surface area contributed by atoms with Gasteiger partial charge in [-0.15, -0.1) is 10.1 Å². The molecule has 2 rings (SSSR count). The number of carbonyl (C=O) groups is 1. The molecule has 0 amide bonds. The second-order valence-corrected chi connectivity index (χ2v) is 5.25. The van der Waals surface area contributed by atoms with Crippen LogP contribution in [0, 0.1) is 10.1 Å². The van der Waals surface area contributed by atoms with Crippen molar-refractivity contribution in [3.05, 3.63) is 52.1 Å². The highest BCUT2D eigenvalue weighted by Crippen LogP contribution is 2.25. The third-order valence-corrected chi connectivity index (χ3v) is 3.58. The van der Waals surface area contributed by atoms with Gasteiger partial charge in [-0.1, -0.05) is 24.3 Å². The standard InChI is InChI=1S/C18H21NO6/c1-13(18(20)24-9-3-4-10-25-19(21)22)14-5-6-16-12-17(23-2)8-7-15(16)11-14/h5-8,11-13H,3-4,9-10H2,1-2H3/t13-/m0/s1/i10D2,13D. The summed E-state index contributed by atoms with van der Waals surface area (Å²) in [4.78, 5) is 26.4. The largest absolute Gasteiger partial charge is 0.497 e. The molecule has 134 valence electrons. The number of nitrogens with zero attached hydrogens (tertiary/aromatic N) is 1. The molecule has 0 aliphatic heterocycles. The highest BCUT2D eigenvalue weighted by molar-refractivity contribution is 5.86. The fourth-order valence-corrected chi connectivity index (χ4v) is 2.22. The summed E-state index contributed by atoms with van der Waals surface area (Å²) >= 11 is 0. The van der Waals surface area contributed by atoms with Gasteiger partial charge in [-0.05, 0) is 48.2 Å². The minimum Gasteiger partial charge on any atom is -0.497 e. The molecule has 0 N–H and O–H groups in total. The Morgan fingerprint density at radius 3 is 2.72 bits per heavy atom. The van der Waals surface area contributed by atoms with E-state index >= 15 is 0 Å². The molecule has 0 heterocycles. The number of rotatable bonds is 9. The predicted octanol–water partition coefficient (Wildman–Crippen LogP) is 3.48. The van der Waals surface area contributed by atoms with E-state index in [1.165, 1.54) is 6.92 Å². The lowest BCUT2D eigenvalue weighted by Gasteiger charge is -2.13. The second kappa shape index (κ2) is 8.86. The van der Waals surface area contributed by atoms with Crippen LogP contribution in [0.1, 0.15) is 35.3 Å². The van der Waals surface area contributed by atoms with Crippen molar-refractivity contribution in [1.82, 2.24) is 0 Å². The summed E-state index contributed by atoms with van der Waals surface area (Å²) in [7, 11) is 1.57. The van der Waals surface area contributed by atoms with Crippen LogP contribution < -0.4 is 4.74 Å². The molecule has 0 fully saturated rings. The van der Waals surface area contributed by atoms with E-state index in [2.05, 4.69) is 4.84 Å². The molecular formula is C18H21NO6. The summed E-state index contributed by atoms with van der Waals surface area (Å²) in [6, 6.07) is 10.6. The average molecular weight is 350 g/mol. The highest BCUT2D eigenvalue weighted by Gasteiger charge is 2.17. The topological polar surface area (TPSA) is 87.9 Å². The van der Waals surface area contributed by atoms with Crippen LogP contribution in [-0.4, -0.2) is 31.3 Å². The molecule has 2 aromatic rings. The van der Waals surface area contributed by atoms with Crippen LogP contribution in [0.3, 0.4) is 0 Å². The molecule has 0 bridgehead atoms. The minimum absolute atomic E-state index is 0.0141. The zero-order chi connectivity index (χ0) is 20.9. The molecule has 0 aliphatic carbocycles. The summed E-state index contributed by atoms with van der Waals surface area (Å²) in [6.45, 7) is -1.23. The molecule has 25 heavy (non-hydrogen) atoms. The van der Waals surface area contributed by atoms with E-state index in [0.29, 0.717) is 11.3 Å². The van der Waals surface area contributed by atoms with Gasteiger partial charge in [-0.3, -0.25) is 4.79 Å². The second-order valence-electron chi connectivity index (χ2n) is 5.25. The van der Waals surface area contributed by atoms with Crippen LogP contribution in [0.25, 0.3) is 10.8 Å². The normalized spacial score (nSPS) is 15.4. The van der Waals surface area contributed by atoms with Crippen molar-refractivity contribution in [2.24, 2.45) is 0 Å². The van der Waals surface area contributed by atoms with E-state index < -0.39 is 23.5 Å². The van der Waals surface area contributed by atoms with E-state index in [0.717, 1.165) is 10.8 Å². The Bertz CT molecular complexity index is 872. The van der Waals surface area contributed by atoms with Gasteiger partial charge in [-0.25, -0.2) is 0 Å². The Balaban J connectivity index is 2.00. The Hall–Kier alpha value is -2.83. The molecule has 0 saturated carbocycles. The van der Waals surface area contributed by atoms with E-state index in [4.69, 9.17) is 13.6 Å². The van der Waals surface area contributed by atoms with Gasteiger partial charge in [0, 0.05) is 1.37 Å². The minimum atomic E-state index is -2.46. The van der Waals surface area contributed by atoms with Crippen LogP contribution in [0.5, 0.6) is 5.75 Å². The molecule has 0 saturated heterocycles. The molecule has 0 unspecified atom stereocenters. The monoisotopic (exact) mass is 350 g/mol. The van der Waals surface area contributed by atoms with Crippen LogP contribution in [0.4, 0.5) is 0 Å². The Labute approximate surface area is 149 Å². The van der Waals surface area contributed by atoms with Crippen molar-refractivity contribution < 1.29 is 28.3 Å². The van der Waals surface area contributed by atoms with E-state index in [1.54, 1.807) is 31.4 Å². The number of carbonyl (C=O) groups excluding carboxylic acids is 1. The maximum Gasteiger partial charge on any atom is 0.313 e. The Kier molecular flexibility index (Phi) is 5.14. The lowest BCUT2D eigenvalue weighted by molar-refractivity contribution is -0.757. The molecule has 7 nitrogen and oxygen atoms in total. The quantitative estimate of drug-likeness (QED) is 0.298. The number of fused-ring (bicyclic) bond motifs is 1. The van der Waals surface area contributed by atoms with Crippen LogP contribution in [0.15, 0.2) is 36.4 Å². The third kappa shape index (κ3) is 5.34. The third-order valence-electron chi connectivity index (χ3n) is 3.58. The molecule has 0 aliphatic rings. The zero-order valence-electron chi connectivity index (χ0n) is 17.0. The maximum atomic E-state index is 12.3. The average Bonchev–Trinajstić information content (AvgIpc) is 2.62. The molecule has 2 aromatic carbocycles. The number of hydrogen-bond donors (Lipinski definition) is 0. The first-order valence-corrected chi connectivity index (χ1v) is 7.64. The summed E-state index contributed by atoms with van der Waals surface area (Å²) in [5, 5.41) is 10.7. The number of methoxy groups -OCH3 is 1. The van der Waals surface area contributed by atoms with Crippen molar-refractivity contribution in [2.45, 2.75) is 25.7 Å². The van der Waals surface area contributed by atoms with Crippen LogP contribution in [-0.2, 0) is 14.4 Å². The number of esters is 1. The maximum absolute atomic E-state index is 12.3. The lowest BCUT2D eigenvalue weighted by atomic mass is 9.98. The van der Waals surface area contributed by atoms with Crippen molar-refractivity contribution in [2.75, 3.05) is 20.3 Å². The summed E-state index contributed by atoms with van der Waals surface area (Å²) in [5.74, 6) is -1.75. The molecule has 0 radical (unpaired) electrons. The fourth-order valence-electron chi connectivity index (χ4n) is 2.22. The first-order valence-electron chi connectivity index (χ1n) is 9.14. The van der Waals surface area contributed by atoms with E-state index in [-0.39, 0.29) is 19.4 Å². The van der Waals surface area contributed by atoms with Crippen molar-refractivity contribution >= 4 is 16.7 Å². The van der Waals surface area contributed by atoms with Gasteiger partial charge in [0.25, 0.3) is 5.09 Å². The van der Waals surface area contributed by atoms with E-state index in [9.17, 15) is 14.9 Å². The fraction of sp³-hybridized carbons (Fsp3) is 0.389. The van der Waals surface area contributed by atoms with E-state index in [1.807, 2.05) is 12.1 Å². The first-order chi connectivity index (χ1) is 13.0. The summed E-state index contributed by atoms with van der Waals surface area (Å²) in [5.41, 5.74) is 0.446. The SMILES string of the molecule is [2H]C([2H])(CCCOC(=O)[C@@]([2H])(C)c1ccc2cc(OC)ccc2c1)O[N+](=O)[O-]. The Morgan fingerprint density at radius 1 is 1.28 bits per heavy atom. The molecule has 7 heteroatoms. The van der Waals surface area contributed by atoms with Crippen molar-refractivity contribution in [3.63, 3.8) is 0 Å².